The first-order valence-corrected chi connectivity index (χ1v) is 7.65. The summed E-state index contributed by atoms with van der Waals surface area (Å²) in [6.45, 7) is 6.91. The number of hydrogen-bond donors (Lipinski definition) is 1. The average molecular weight is 263 g/mol. The molecule has 1 fully saturated rings. The van der Waals surface area contributed by atoms with E-state index in [-0.39, 0.29) is 6.04 Å². The van der Waals surface area contributed by atoms with Gasteiger partial charge in [0.2, 0.25) is 0 Å². The van der Waals surface area contributed by atoms with Crippen molar-refractivity contribution in [2.24, 2.45) is 11.7 Å². The molecule has 0 amide bonds. The maximum atomic E-state index is 5.99. The highest BCUT2D eigenvalue weighted by Crippen LogP contribution is 2.22. The van der Waals surface area contributed by atoms with Crippen LogP contribution < -0.4 is 5.73 Å². The molecule has 2 N–H and O–H groups in total. The van der Waals surface area contributed by atoms with E-state index < -0.39 is 0 Å². The third kappa shape index (κ3) is 2.82. The van der Waals surface area contributed by atoms with E-state index in [0.29, 0.717) is 0 Å². The summed E-state index contributed by atoms with van der Waals surface area (Å²) in [6, 6.07) is 0.273. The van der Waals surface area contributed by atoms with Gasteiger partial charge in [0.15, 0.2) is 0 Å². The van der Waals surface area contributed by atoms with E-state index in [1.165, 1.54) is 38.3 Å². The molecule has 5 nitrogen and oxygen atoms in total. The molecule has 3 heterocycles. The fourth-order valence-electron chi connectivity index (χ4n) is 3.43. The van der Waals surface area contributed by atoms with Gasteiger partial charge in [-0.05, 0) is 38.3 Å². The number of rotatable bonds is 3. The summed E-state index contributed by atoms with van der Waals surface area (Å²) < 4.78 is 2.31. The van der Waals surface area contributed by atoms with Crippen LogP contribution in [0.5, 0.6) is 0 Å². The molecule has 3 rings (SSSR count). The summed E-state index contributed by atoms with van der Waals surface area (Å²) in [5.41, 5.74) is 5.99. The molecular formula is C14H25N5. The Morgan fingerprint density at radius 2 is 2.16 bits per heavy atom. The molecule has 2 aliphatic heterocycles. The van der Waals surface area contributed by atoms with Crippen LogP contribution >= 0.6 is 0 Å². The second-order valence-corrected chi connectivity index (χ2v) is 6.04. The van der Waals surface area contributed by atoms with E-state index >= 15 is 0 Å². The van der Waals surface area contributed by atoms with Crippen LogP contribution in [0.25, 0.3) is 0 Å². The molecule has 2 unspecified atom stereocenters. The van der Waals surface area contributed by atoms with Crippen molar-refractivity contribution >= 4 is 0 Å². The van der Waals surface area contributed by atoms with Gasteiger partial charge in [-0.2, -0.15) is 0 Å². The largest absolute Gasteiger partial charge is 0.327 e. The van der Waals surface area contributed by atoms with Crippen LogP contribution in [-0.2, 0) is 19.4 Å². The van der Waals surface area contributed by atoms with Gasteiger partial charge in [0.25, 0.3) is 0 Å². The SMILES string of the molecule is CCN1CCCC(Cc2nnc3n2CCC(N)C3)C1. The second-order valence-electron chi connectivity index (χ2n) is 6.04. The van der Waals surface area contributed by atoms with Gasteiger partial charge in [0, 0.05) is 32.0 Å². The van der Waals surface area contributed by atoms with Gasteiger partial charge in [-0.25, -0.2) is 0 Å². The molecule has 0 spiro atoms. The maximum absolute atomic E-state index is 5.99. The smallest absolute Gasteiger partial charge is 0.134 e. The third-order valence-electron chi connectivity index (χ3n) is 4.59. The molecule has 19 heavy (non-hydrogen) atoms. The Bertz CT molecular complexity index is 427. The standard InChI is InChI=1S/C14H25N5/c1-2-18-6-3-4-11(10-18)8-13-16-17-14-9-12(15)5-7-19(13)14/h11-12H,2-10,15H2,1H3. The Kier molecular flexibility index (Phi) is 3.84. The van der Waals surface area contributed by atoms with Crippen molar-refractivity contribution in [3.8, 4) is 0 Å². The number of hydrogen-bond acceptors (Lipinski definition) is 4. The summed E-state index contributed by atoms with van der Waals surface area (Å²) >= 11 is 0. The fourth-order valence-corrected chi connectivity index (χ4v) is 3.43. The van der Waals surface area contributed by atoms with Gasteiger partial charge >= 0.3 is 0 Å². The van der Waals surface area contributed by atoms with Gasteiger partial charge in [0.05, 0.1) is 0 Å². The minimum absolute atomic E-state index is 0.273. The van der Waals surface area contributed by atoms with E-state index in [2.05, 4.69) is 26.6 Å². The van der Waals surface area contributed by atoms with Crippen molar-refractivity contribution in [1.82, 2.24) is 19.7 Å². The summed E-state index contributed by atoms with van der Waals surface area (Å²) in [5.74, 6) is 3.03. The molecule has 2 atom stereocenters. The van der Waals surface area contributed by atoms with Crippen LogP contribution in [-0.4, -0.2) is 45.3 Å². The Hall–Kier alpha value is -0.940. The van der Waals surface area contributed by atoms with E-state index in [1.54, 1.807) is 0 Å². The van der Waals surface area contributed by atoms with Crippen molar-refractivity contribution in [2.75, 3.05) is 19.6 Å². The molecule has 1 aromatic heterocycles. The van der Waals surface area contributed by atoms with E-state index in [9.17, 15) is 0 Å². The first-order valence-electron chi connectivity index (χ1n) is 7.65. The van der Waals surface area contributed by atoms with Crippen LogP contribution in [0.4, 0.5) is 0 Å². The number of nitrogens with two attached hydrogens (primary N) is 1. The van der Waals surface area contributed by atoms with Crippen LogP contribution in [0.3, 0.4) is 0 Å². The highest BCUT2D eigenvalue weighted by molar-refractivity contribution is 5.02. The van der Waals surface area contributed by atoms with Gasteiger partial charge in [0.1, 0.15) is 11.6 Å². The molecule has 1 saturated heterocycles. The van der Waals surface area contributed by atoms with Crippen molar-refractivity contribution in [3.63, 3.8) is 0 Å². The first-order chi connectivity index (χ1) is 9.26. The molecule has 0 aromatic carbocycles. The van der Waals surface area contributed by atoms with Gasteiger partial charge in [-0.1, -0.05) is 6.92 Å². The van der Waals surface area contributed by atoms with Gasteiger partial charge < -0.3 is 15.2 Å². The quantitative estimate of drug-likeness (QED) is 0.877. The molecule has 1 aromatic rings. The summed E-state index contributed by atoms with van der Waals surface area (Å²) in [4.78, 5) is 2.55. The van der Waals surface area contributed by atoms with E-state index in [1.807, 2.05) is 0 Å². The minimum Gasteiger partial charge on any atom is -0.327 e. The molecule has 106 valence electrons. The Labute approximate surface area is 115 Å². The van der Waals surface area contributed by atoms with Gasteiger partial charge in [-0.15, -0.1) is 10.2 Å². The number of likely N-dealkylation sites (tertiary alicyclic amines) is 1. The molecule has 2 aliphatic rings. The van der Waals surface area contributed by atoms with Crippen molar-refractivity contribution < 1.29 is 0 Å². The lowest BCUT2D eigenvalue weighted by Gasteiger charge is -2.31. The van der Waals surface area contributed by atoms with Crippen molar-refractivity contribution in [3.05, 3.63) is 11.6 Å². The zero-order valence-electron chi connectivity index (χ0n) is 11.9. The molecular weight excluding hydrogens is 238 g/mol. The predicted octanol–water partition coefficient (Wildman–Crippen LogP) is 0.826. The topological polar surface area (TPSA) is 60.0 Å². The normalized spacial score (nSPS) is 28.3. The summed E-state index contributed by atoms with van der Waals surface area (Å²) in [6.07, 6.45) is 5.68. The van der Waals surface area contributed by atoms with E-state index in [0.717, 1.165) is 37.5 Å². The molecule has 0 saturated carbocycles. The van der Waals surface area contributed by atoms with Crippen LogP contribution in [0, 0.1) is 5.92 Å². The van der Waals surface area contributed by atoms with Crippen LogP contribution in [0.15, 0.2) is 0 Å². The lowest BCUT2D eigenvalue weighted by atomic mass is 9.94. The van der Waals surface area contributed by atoms with Crippen LogP contribution in [0.1, 0.15) is 37.8 Å². The highest BCUT2D eigenvalue weighted by atomic mass is 15.3. The molecule has 0 aliphatic carbocycles. The van der Waals surface area contributed by atoms with E-state index in [4.69, 9.17) is 5.73 Å². The Balaban J connectivity index is 1.67. The first kappa shape index (κ1) is 13.1. The second kappa shape index (κ2) is 5.59. The zero-order chi connectivity index (χ0) is 13.2. The summed E-state index contributed by atoms with van der Waals surface area (Å²) in [5, 5.41) is 8.75. The molecule has 5 heteroatoms. The number of nitrogens with zero attached hydrogens (tertiary/aromatic N) is 4. The molecule has 0 bridgehead atoms. The molecule has 0 radical (unpaired) electrons. The maximum Gasteiger partial charge on any atom is 0.134 e. The minimum atomic E-state index is 0.273. The lowest BCUT2D eigenvalue weighted by Crippen LogP contribution is -2.36. The number of piperidine rings is 1. The average Bonchev–Trinajstić information content (AvgIpc) is 2.81. The summed E-state index contributed by atoms with van der Waals surface area (Å²) in [7, 11) is 0. The highest BCUT2D eigenvalue weighted by Gasteiger charge is 2.24. The lowest BCUT2D eigenvalue weighted by molar-refractivity contribution is 0.179. The van der Waals surface area contributed by atoms with Crippen molar-refractivity contribution in [1.29, 1.82) is 0 Å². The van der Waals surface area contributed by atoms with Crippen molar-refractivity contribution in [2.45, 2.75) is 51.6 Å². The third-order valence-corrected chi connectivity index (χ3v) is 4.59. The van der Waals surface area contributed by atoms with Gasteiger partial charge in [-0.3, -0.25) is 0 Å². The predicted molar refractivity (Wildman–Crippen MR) is 74.9 cm³/mol. The monoisotopic (exact) mass is 263 g/mol. The Morgan fingerprint density at radius 1 is 1.26 bits per heavy atom. The van der Waals surface area contributed by atoms with Crippen LogP contribution in [0.2, 0.25) is 0 Å². The number of aromatic nitrogens is 3. The Morgan fingerprint density at radius 3 is 3.00 bits per heavy atom. The zero-order valence-corrected chi connectivity index (χ0v) is 11.9. The fraction of sp³-hybridized carbons (Fsp3) is 0.857. The number of fused-ring (bicyclic) bond motifs is 1.